The number of hydrogen-bond acceptors (Lipinski definition) is 3. The van der Waals surface area contributed by atoms with Crippen molar-refractivity contribution in [2.24, 2.45) is 12.8 Å². The van der Waals surface area contributed by atoms with Crippen LogP contribution in [0.2, 0.25) is 5.15 Å². The Labute approximate surface area is 76.0 Å². The van der Waals surface area contributed by atoms with Crippen molar-refractivity contribution >= 4 is 11.6 Å². The quantitative estimate of drug-likeness (QED) is 0.726. The average molecular weight is 190 g/mol. The summed E-state index contributed by atoms with van der Waals surface area (Å²) in [6.45, 7) is 0.433. The third kappa shape index (κ3) is 1.77. The van der Waals surface area contributed by atoms with Crippen molar-refractivity contribution in [3.8, 4) is 0 Å². The Bertz CT molecular complexity index is 242. The molecule has 0 radical (unpaired) electrons. The molecule has 0 spiro atoms. The minimum absolute atomic E-state index is 0.346. The second-order valence-corrected chi connectivity index (χ2v) is 2.98. The summed E-state index contributed by atoms with van der Waals surface area (Å²) in [6, 6.07) is 0. The molecule has 68 valence electrons. The summed E-state index contributed by atoms with van der Waals surface area (Å²) in [4.78, 5) is 3.85. The summed E-state index contributed by atoms with van der Waals surface area (Å²) in [7, 11) is 1.79. The van der Waals surface area contributed by atoms with E-state index in [9.17, 15) is 5.11 Å². The summed E-state index contributed by atoms with van der Waals surface area (Å²) >= 11 is 5.74. The van der Waals surface area contributed by atoms with Gasteiger partial charge >= 0.3 is 0 Å². The van der Waals surface area contributed by atoms with Crippen LogP contribution in [0.3, 0.4) is 0 Å². The van der Waals surface area contributed by atoms with Crippen LogP contribution in [-0.2, 0) is 7.05 Å². The van der Waals surface area contributed by atoms with Gasteiger partial charge in [-0.25, -0.2) is 4.98 Å². The monoisotopic (exact) mass is 189 g/mol. The third-order valence-corrected chi connectivity index (χ3v) is 1.98. The molecule has 0 aliphatic rings. The predicted molar refractivity (Wildman–Crippen MR) is 46.8 cm³/mol. The number of halogens is 1. The second-order valence-electron chi connectivity index (χ2n) is 2.62. The minimum atomic E-state index is -0.616. The number of imidazole rings is 1. The number of aliphatic hydroxyl groups excluding tert-OH is 1. The van der Waals surface area contributed by atoms with E-state index in [1.807, 2.05) is 0 Å². The van der Waals surface area contributed by atoms with Crippen LogP contribution in [-0.4, -0.2) is 21.2 Å². The molecule has 4 nitrogen and oxygen atoms in total. The summed E-state index contributed by atoms with van der Waals surface area (Å²) in [5, 5.41) is 9.89. The molecule has 1 aromatic rings. The molecule has 0 fully saturated rings. The Kier molecular flexibility index (Phi) is 3.08. The number of rotatable bonds is 3. The van der Waals surface area contributed by atoms with Crippen LogP contribution in [0.1, 0.15) is 18.2 Å². The summed E-state index contributed by atoms with van der Waals surface area (Å²) in [5.41, 5.74) is 5.93. The maximum atomic E-state index is 9.55. The highest BCUT2D eigenvalue weighted by Crippen LogP contribution is 2.22. The number of hydrogen-bond donors (Lipinski definition) is 2. The van der Waals surface area contributed by atoms with E-state index in [-0.39, 0.29) is 0 Å². The second kappa shape index (κ2) is 3.89. The van der Waals surface area contributed by atoms with Crippen LogP contribution >= 0.6 is 11.6 Å². The van der Waals surface area contributed by atoms with Crippen molar-refractivity contribution in [2.75, 3.05) is 6.54 Å². The van der Waals surface area contributed by atoms with Crippen LogP contribution in [0.5, 0.6) is 0 Å². The molecule has 0 aliphatic heterocycles. The summed E-state index contributed by atoms with van der Waals surface area (Å²) < 4.78 is 1.70. The van der Waals surface area contributed by atoms with Crippen molar-refractivity contribution in [1.82, 2.24) is 9.55 Å². The lowest BCUT2D eigenvalue weighted by atomic mass is 10.2. The Balaban J connectivity index is 2.85. The fraction of sp³-hybridized carbons (Fsp3) is 0.571. The topological polar surface area (TPSA) is 64.1 Å². The van der Waals surface area contributed by atoms with Gasteiger partial charge in [0.1, 0.15) is 0 Å². The first kappa shape index (κ1) is 9.51. The lowest BCUT2D eigenvalue weighted by Crippen LogP contribution is -2.10. The molecule has 1 aromatic heterocycles. The third-order valence-electron chi connectivity index (χ3n) is 1.69. The number of nitrogens with two attached hydrogens (primary N) is 1. The van der Waals surface area contributed by atoms with Crippen LogP contribution in [0.15, 0.2) is 6.33 Å². The zero-order valence-corrected chi connectivity index (χ0v) is 7.62. The van der Waals surface area contributed by atoms with Gasteiger partial charge in [-0.1, -0.05) is 11.6 Å². The molecule has 1 rings (SSSR count). The van der Waals surface area contributed by atoms with Crippen molar-refractivity contribution < 1.29 is 5.11 Å². The van der Waals surface area contributed by atoms with Crippen LogP contribution in [0.25, 0.3) is 0 Å². The predicted octanol–water partition coefficient (Wildman–Crippen LogP) is 0.456. The van der Waals surface area contributed by atoms with Gasteiger partial charge < -0.3 is 15.4 Å². The van der Waals surface area contributed by atoms with E-state index in [0.29, 0.717) is 23.8 Å². The summed E-state index contributed by atoms with van der Waals surface area (Å²) in [5.74, 6) is 0. The molecule has 0 aliphatic carbocycles. The molecular weight excluding hydrogens is 178 g/mol. The largest absolute Gasteiger partial charge is 0.387 e. The minimum Gasteiger partial charge on any atom is -0.387 e. The Morgan fingerprint density at radius 3 is 2.92 bits per heavy atom. The fourth-order valence-corrected chi connectivity index (χ4v) is 1.38. The van der Waals surface area contributed by atoms with Gasteiger partial charge in [0.15, 0.2) is 5.15 Å². The molecule has 0 bridgehead atoms. The van der Waals surface area contributed by atoms with Gasteiger partial charge in [-0.15, -0.1) is 0 Å². The first-order chi connectivity index (χ1) is 5.66. The fourth-order valence-electron chi connectivity index (χ4n) is 1.08. The van der Waals surface area contributed by atoms with Crippen molar-refractivity contribution in [2.45, 2.75) is 12.5 Å². The van der Waals surface area contributed by atoms with E-state index in [4.69, 9.17) is 17.3 Å². The van der Waals surface area contributed by atoms with E-state index in [0.717, 1.165) is 0 Å². The zero-order valence-electron chi connectivity index (χ0n) is 6.87. The zero-order chi connectivity index (χ0) is 9.14. The van der Waals surface area contributed by atoms with Crippen molar-refractivity contribution in [3.05, 3.63) is 17.2 Å². The Morgan fingerprint density at radius 1 is 1.83 bits per heavy atom. The van der Waals surface area contributed by atoms with E-state index in [2.05, 4.69) is 4.98 Å². The highest BCUT2D eigenvalue weighted by Gasteiger charge is 2.15. The first-order valence-corrected chi connectivity index (χ1v) is 4.09. The SMILES string of the molecule is Cn1cnc(Cl)c1[C@H](O)CCN. The normalized spacial score (nSPS) is 13.3. The molecule has 0 unspecified atom stereocenters. The van der Waals surface area contributed by atoms with Crippen LogP contribution in [0.4, 0.5) is 0 Å². The van der Waals surface area contributed by atoms with E-state index >= 15 is 0 Å². The number of aryl methyl sites for hydroxylation is 1. The molecule has 1 heterocycles. The molecule has 5 heteroatoms. The van der Waals surface area contributed by atoms with Crippen LogP contribution in [0, 0.1) is 0 Å². The van der Waals surface area contributed by atoms with Gasteiger partial charge in [0.2, 0.25) is 0 Å². The van der Waals surface area contributed by atoms with Gasteiger partial charge in [0, 0.05) is 7.05 Å². The van der Waals surface area contributed by atoms with Gasteiger partial charge in [0.05, 0.1) is 18.1 Å². The van der Waals surface area contributed by atoms with Crippen molar-refractivity contribution in [3.63, 3.8) is 0 Å². The van der Waals surface area contributed by atoms with E-state index < -0.39 is 6.10 Å². The summed E-state index contributed by atoms with van der Waals surface area (Å²) in [6.07, 6.45) is 1.45. The smallest absolute Gasteiger partial charge is 0.152 e. The van der Waals surface area contributed by atoms with E-state index in [1.165, 1.54) is 0 Å². The molecule has 12 heavy (non-hydrogen) atoms. The standard InChI is InChI=1S/C7H12ClN3O/c1-11-4-10-7(8)6(11)5(12)2-3-9/h4-5,12H,2-3,9H2,1H3/t5-/m1/s1. The molecule has 0 saturated heterocycles. The van der Waals surface area contributed by atoms with Crippen LogP contribution < -0.4 is 5.73 Å². The molecule has 3 N–H and O–H groups in total. The Morgan fingerprint density at radius 2 is 2.50 bits per heavy atom. The molecule has 0 aromatic carbocycles. The lowest BCUT2D eigenvalue weighted by molar-refractivity contribution is 0.162. The number of aliphatic hydroxyl groups is 1. The average Bonchev–Trinajstić information content (AvgIpc) is 2.32. The van der Waals surface area contributed by atoms with Gasteiger partial charge in [0.25, 0.3) is 0 Å². The number of aromatic nitrogens is 2. The van der Waals surface area contributed by atoms with Gasteiger partial charge in [-0.3, -0.25) is 0 Å². The molecule has 0 saturated carbocycles. The first-order valence-electron chi connectivity index (χ1n) is 3.71. The maximum Gasteiger partial charge on any atom is 0.152 e. The number of nitrogens with zero attached hydrogens (tertiary/aromatic N) is 2. The Hall–Kier alpha value is -0.580. The lowest BCUT2D eigenvalue weighted by Gasteiger charge is -2.09. The van der Waals surface area contributed by atoms with Gasteiger partial charge in [-0.05, 0) is 13.0 Å². The molecule has 1 atom stereocenters. The maximum absolute atomic E-state index is 9.55. The molecule has 0 amide bonds. The highest BCUT2D eigenvalue weighted by atomic mass is 35.5. The highest BCUT2D eigenvalue weighted by molar-refractivity contribution is 6.30. The van der Waals surface area contributed by atoms with Gasteiger partial charge in [-0.2, -0.15) is 0 Å². The van der Waals surface area contributed by atoms with Crippen molar-refractivity contribution in [1.29, 1.82) is 0 Å². The molecular formula is C7H12ClN3O. The van der Waals surface area contributed by atoms with E-state index in [1.54, 1.807) is 17.9 Å².